The van der Waals surface area contributed by atoms with E-state index in [4.69, 9.17) is 0 Å². The molecule has 0 spiro atoms. The van der Waals surface area contributed by atoms with Gasteiger partial charge in [-0.1, -0.05) is 75.3 Å². The summed E-state index contributed by atoms with van der Waals surface area (Å²) in [5.74, 6) is 1.25. The summed E-state index contributed by atoms with van der Waals surface area (Å²) in [6, 6.07) is 0. The van der Waals surface area contributed by atoms with Gasteiger partial charge >= 0.3 is 0 Å². The number of rotatable bonds is 6. The van der Waals surface area contributed by atoms with Crippen molar-refractivity contribution in [2.45, 2.75) is 39.5 Å². The van der Waals surface area contributed by atoms with Crippen LogP contribution >= 0.6 is 0 Å². The van der Waals surface area contributed by atoms with Crippen LogP contribution in [-0.2, 0) is 0 Å². The SMILES string of the molecule is CCCC(CCC)(C1C=CC=C1)C1C=CC=C1. The van der Waals surface area contributed by atoms with Crippen molar-refractivity contribution in [3.05, 3.63) is 48.6 Å². The van der Waals surface area contributed by atoms with Gasteiger partial charge in [-0.25, -0.2) is 0 Å². The average molecular weight is 228 g/mol. The smallest absolute Gasteiger partial charge is 0.00179 e. The second kappa shape index (κ2) is 5.53. The van der Waals surface area contributed by atoms with E-state index in [1.807, 2.05) is 0 Å². The highest BCUT2D eigenvalue weighted by Crippen LogP contribution is 2.49. The lowest BCUT2D eigenvalue weighted by molar-refractivity contribution is 0.149. The first-order chi connectivity index (χ1) is 8.33. The van der Waals surface area contributed by atoms with Crippen LogP contribution in [0.2, 0.25) is 0 Å². The average Bonchev–Trinajstić information content (AvgIpc) is 3.02. The van der Waals surface area contributed by atoms with Crippen LogP contribution in [0.15, 0.2) is 48.6 Å². The molecule has 0 aromatic heterocycles. The molecule has 0 nitrogen and oxygen atoms in total. The summed E-state index contributed by atoms with van der Waals surface area (Å²) in [6.07, 6.45) is 23.6. The molecule has 2 rings (SSSR count). The molecule has 0 aliphatic heterocycles. The zero-order chi connectivity index (χ0) is 12.1. The Morgan fingerprint density at radius 2 is 1.06 bits per heavy atom. The molecule has 2 aliphatic rings. The molecule has 2 aliphatic carbocycles. The van der Waals surface area contributed by atoms with Crippen LogP contribution in [0.25, 0.3) is 0 Å². The van der Waals surface area contributed by atoms with Gasteiger partial charge in [0.25, 0.3) is 0 Å². The van der Waals surface area contributed by atoms with Crippen LogP contribution in [0.5, 0.6) is 0 Å². The van der Waals surface area contributed by atoms with Crippen LogP contribution in [0.1, 0.15) is 39.5 Å². The molecule has 0 aromatic rings. The minimum absolute atomic E-state index is 0.413. The van der Waals surface area contributed by atoms with E-state index in [1.165, 1.54) is 25.7 Å². The van der Waals surface area contributed by atoms with Crippen molar-refractivity contribution in [1.29, 1.82) is 0 Å². The molecule has 0 bridgehead atoms. The summed E-state index contributed by atoms with van der Waals surface area (Å²) in [7, 11) is 0. The van der Waals surface area contributed by atoms with E-state index in [0.29, 0.717) is 17.3 Å². The van der Waals surface area contributed by atoms with E-state index in [-0.39, 0.29) is 0 Å². The standard InChI is InChI=1S/C17H24/c1-3-13-17(14-4-2,15-9-5-6-10-15)16-11-7-8-12-16/h5-12,15-16H,3-4,13-14H2,1-2H3. The zero-order valence-corrected chi connectivity index (χ0v) is 11.1. The summed E-state index contributed by atoms with van der Waals surface area (Å²) in [5.41, 5.74) is 0.413. The molecule has 17 heavy (non-hydrogen) atoms. The lowest BCUT2D eigenvalue weighted by Gasteiger charge is -2.42. The Morgan fingerprint density at radius 3 is 1.35 bits per heavy atom. The highest BCUT2D eigenvalue weighted by molar-refractivity contribution is 5.28. The van der Waals surface area contributed by atoms with Crippen LogP contribution in [-0.4, -0.2) is 0 Å². The van der Waals surface area contributed by atoms with Gasteiger partial charge in [0.1, 0.15) is 0 Å². The summed E-state index contributed by atoms with van der Waals surface area (Å²) in [4.78, 5) is 0. The van der Waals surface area contributed by atoms with E-state index in [1.54, 1.807) is 0 Å². The maximum Gasteiger partial charge on any atom is 0.00179 e. The molecule has 0 saturated heterocycles. The van der Waals surface area contributed by atoms with Gasteiger partial charge in [0.15, 0.2) is 0 Å². The van der Waals surface area contributed by atoms with E-state index in [2.05, 4.69) is 62.5 Å². The quantitative estimate of drug-likeness (QED) is 0.596. The highest BCUT2D eigenvalue weighted by atomic mass is 14.4. The van der Waals surface area contributed by atoms with Crippen molar-refractivity contribution in [1.82, 2.24) is 0 Å². The molecule has 92 valence electrons. The fourth-order valence-corrected chi connectivity index (χ4v) is 3.58. The van der Waals surface area contributed by atoms with Crippen molar-refractivity contribution >= 4 is 0 Å². The summed E-state index contributed by atoms with van der Waals surface area (Å²) in [6.45, 7) is 4.63. The predicted molar refractivity (Wildman–Crippen MR) is 75.8 cm³/mol. The van der Waals surface area contributed by atoms with Crippen LogP contribution in [0.4, 0.5) is 0 Å². The predicted octanol–water partition coefficient (Wildman–Crippen LogP) is 5.06. The second-order valence-electron chi connectivity index (χ2n) is 5.32. The summed E-state index contributed by atoms with van der Waals surface area (Å²) < 4.78 is 0. The normalized spacial score (nSPS) is 19.9. The van der Waals surface area contributed by atoms with E-state index in [9.17, 15) is 0 Å². The van der Waals surface area contributed by atoms with Crippen molar-refractivity contribution in [3.63, 3.8) is 0 Å². The van der Waals surface area contributed by atoms with Crippen LogP contribution in [0, 0.1) is 17.3 Å². The molecule has 0 amide bonds. The minimum Gasteiger partial charge on any atom is -0.0770 e. The number of allylic oxidation sites excluding steroid dienone is 8. The molecule has 0 unspecified atom stereocenters. The molecule has 0 aromatic carbocycles. The maximum absolute atomic E-state index is 2.39. The van der Waals surface area contributed by atoms with Gasteiger partial charge in [0, 0.05) is 11.8 Å². The largest absolute Gasteiger partial charge is 0.0770 e. The third-order valence-electron chi connectivity index (χ3n) is 4.25. The Bertz CT molecular complexity index is 294. The van der Waals surface area contributed by atoms with E-state index >= 15 is 0 Å². The Kier molecular flexibility index (Phi) is 4.04. The molecule has 0 fully saturated rings. The van der Waals surface area contributed by atoms with Gasteiger partial charge in [0.05, 0.1) is 0 Å². The fraction of sp³-hybridized carbons (Fsp3) is 0.529. The first-order valence-electron chi connectivity index (χ1n) is 7.03. The maximum atomic E-state index is 2.39. The molecule has 0 N–H and O–H groups in total. The Morgan fingerprint density at radius 1 is 0.706 bits per heavy atom. The Balaban J connectivity index is 2.30. The Hall–Kier alpha value is -1.04. The molecule has 0 atom stereocenters. The minimum atomic E-state index is 0.413. The Labute approximate surface area is 106 Å². The monoisotopic (exact) mass is 228 g/mol. The van der Waals surface area contributed by atoms with Crippen molar-refractivity contribution in [3.8, 4) is 0 Å². The molecule has 0 radical (unpaired) electrons. The number of hydrogen-bond acceptors (Lipinski definition) is 0. The van der Waals surface area contributed by atoms with Crippen LogP contribution < -0.4 is 0 Å². The third-order valence-corrected chi connectivity index (χ3v) is 4.25. The topological polar surface area (TPSA) is 0 Å². The molecular weight excluding hydrogens is 204 g/mol. The molecular formula is C17H24. The first-order valence-corrected chi connectivity index (χ1v) is 7.03. The van der Waals surface area contributed by atoms with Crippen molar-refractivity contribution in [2.24, 2.45) is 17.3 Å². The highest BCUT2D eigenvalue weighted by Gasteiger charge is 2.40. The van der Waals surface area contributed by atoms with Crippen molar-refractivity contribution in [2.75, 3.05) is 0 Å². The van der Waals surface area contributed by atoms with E-state index in [0.717, 1.165) is 0 Å². The second-order valence-corrected chi connectivity index (χ2v) is 5.32. The van der Waals surface area contributed by atoms with Crippen molar-refractivity contribution < 1.29 is 0 Å². The van der Waals surface area contributed by atoms with Gasteiger partial charge in [-0.05, 0) is 18.3 Å². The molecule has 0 heterocycles. The van der Waals surface area contributed by atoms with Gasteiger partial charge < -0.3 is 0 Å². The fourth-order valence-electron chi connectivity index (χ4n) is 3.58. The number of hydrogen-bond donors (Lipinski definition) is 0. The molecule has 0 saturated carbocycles. The zero-order valence-electron chi connectivity index (χ0n) is 11.1. The third kappa shape index (κ3) is 2.31. The molecule has 0 heteroatoms. The van der Waals surface area contributed by atoms with Crippen LogP contribution in [0.3, 0.4) is 0 Å². The van der Waals surface area contributed by atoms with Gasteiger partial charge in [-0.3, -0.25) is 0 Å². The lowest BCUT2D eigenvalue weighted by Crippen LogP contribution is -2.34. The van der Waals surface area contributed by atoms with E-state index < -0.39 is 0 Å². The first kappa shape index (κ1) is 12.4. The van der Waals surface area contributed by atoms with Gasteiger partial charge in [0.2, 0.25) is 0 Å². The lowest BCUT2D eigenvalue weighted by atomic mass is 9.62. The summed E-state index contributed by atoms with van der Waals surface area (Å²) in [5, 5.41) is 0. The van der Waals surface area contributed by atoms with Gasteiger partial charge in [-0.2, -0.15) is 0 Å². The van der Waals surface area contributed by atoms with Gasteiger partial charge in [-0.15, -0.1) is 0 Å². The summed E-state index contributed by atoms with van der Waals surface area (Å²) >= 11 is 0.